The van der Waals surface area contributed by atoms with Gasteiger partial charge in [-0.2, -0.15) is 5.10 Å². The first-order chi connectivity index (χ1) is 9.85. The summed E-state index contributed by atoms with van der Waals surface area (Å²) in [6, 6.07) is 6.11. The van der Waals surface area contributed by atoms with Gasteiger partial charge in [0.2, 0.25) is 0 Å². The molecular formula is C15H21BrN4O. The van der Waals surface area contributed by atoms with Crippen molar-refractivity contribution in [1.82, 2.24) is 20.1 Å². The number of hydrogen-bond donors (Lipinski definition) is 1. The third-order valence-electron chi connectivity index (χ3n) is 2.98. The third-order valence-corrected chi connectivity index (χ3v) is 3.60. The summed E-state index contributed by atoms with van der Waals surface area (Å²) in [4.78, 5) is 4.14. The van der Waals surface area contributed by atoms with Gasteiger partial charge in [-0.25, -0.2) is 4.98 Å². The predicted molar refractivity (Wildman–Crippen MR) is 86.1 cm³/mol. The summed E-state index contributed by atoms with van der Waals surface area (Å²) in [5, 5.41) is 7.48. The molecule has 5 nitrogen and oxygen atoms in total. The highest BCUT2D eigenvalue weighted by molar-refractivity contribution is 9.10. The minimum Gasteiger partial charge on any atom is -0.484 e. The highest BCUT2D eigenvalue weighted by Crippen LogP contribution is 2.26. The van der Waals surface area contributed by atoms with Gasteiger partial charge in [0, 0.05) is 19.1 Å². The van der Waals surface area contributed by atoms with Gasteiger partial charge in [0.15, 0.2) is 5.82 Å². The molecule has 21 heavy (non-hydrogen) atoms. The van der Waals surface area contributed by atoms with Crippen LogP contribution in [0.4, 0.5) is 0 Å². The number of nitrogens with one attached hydrogen (secondary N) is 1. The molecular weight excluding hydrogens is 332 g/mol. The summed E-state index contributed by atoms with van der Waals surface area (Å²) >= 11 is 3.55. The predicted octanol–water partition coefficient (Wildman–Crippen LogP) is 3.04. The number of benzene rings is 1. The Morgan fingerprint density at radius 1 is 1.33 bits per heavy atom. The minimum absolute atomic E-state index is 0.104. The molecule has 0 saturated heterocycles. The SMILES string of the molecule is Cn1ncnc1COc1ccc(CNC(C)(C)C)cc1Br. The normalized spacial score (nSPS) is 11.7. The van der Waals surface area contributed by atoms with E-state index in [1.165, 1.54) is 11.9 Å². The third kappa shape index (κ3) is 4.82. The molecule has 0 bridgehead atoms. The average molecular weight is 353 g/mol. The number of aromatic nitrogens is 3. The van der Waals surface area contributed by atoms with E-state index in [1.807, 2.05) is 13.1 Å². The molecule has 0 atom stereocenters. The first-order valence-electron chi connectivity index (χ1n) is 6.84. The van der Waals surface area contributed by atoms with Crippen LogP contribution in [0.5, 0.6) is 5.75 Å². The van der Waals surface area contributed by atoms with Crippen LogP contribution >= 0.6 is 15.9 Å². The van der Waals surface area contributed by atoms with Gasteiger partial charge in [-0.3, -0.25) is 4.68 Å². The van der Waals surface area contributed by atoms with Crippen LogP contribution in [0.3, 0.4) is 0 Å². The summed E-state index contributed by atoms with van der Waals surface area (Å²) in [6.45, 7) is 7.68. The molecule has 0 aliphatic carbocycles. The maximum Gasteiger partial charge on any atom is 0.164 e. The van der Waals surface area contributed by atoms with Crippen LogP contribution in [-0.4, -0.2) is 20.3 Å². The van der Waals surface area contributed by atoms with E-state index >= 15 is 0 Å². The van der Waals surface area contributed by atoms with Crippen molar-refractivity contribution >= 4 is 15.9 Å². The molecule has 0 aliphatic rings. The van der Waals surface area contributed by atoms with E-state index in [9.17, 15) is 0 Å². The molecule has 2 aromatic rings. The van der Waals surface area contributed by atoms with E-state index in [4.69, 9.17) is 4.74 Å². The first-order valence-corrected chi connectivity index (χ1v) is 7.63. The number of hydrogen-bond acceptors (Lipinski definition) is 4. The minimum atomic E-state index is 0.104. The average Bonchev–Trinajstić information content (AvgIpc) is 2.80. The maximum absolute atomic E-state index is 5.77. The Morgan fingerprint density at radius 3 is 2.67 bits per heavy atom. The zero-order valence-corrected chi connectivity index (χ0v) is 14.4. The van der Waals surface area contributed by atoms with E-state index < -0.39 is 0 Å². The second-order valence-corrected chi connectivity index (χ2v) is 6.81. The monoisotopic (exact) mass is 352 g/mol. The van der Waals surface area contributed by atoms with Crippen molar-refractivity contribution in [2.75, 3.05) is 0 Å². The van der Waals surface area contributed by atoms with Crippen LogP contribution in [-0.2, 0) is 20.2 Å². The first kappa shape index (κ1) is 16.0. The number of ether oxygens (including phenoxy) is 1. The fraction of sp³-hybridized carbons (Fsp3) is 0.467. The number of aryl methyl sites for hydroxylation is 1. The van der Waals surface area contributed by atoms with Gasteiger partial charge in [0.1, 0.15) is 18.7 Å². The Kier molecular flexibility index (Phi) is 5.00. The Balaban J connectivity index is 1.97. The lowest BCUT2D eigenvalue weighted by Gasteiger charge is -2.20. The summed E-state index contributed by atoms with van der Waals surface area (Å²) in [5.74, 6) is 1.60. The molecule has 0 aliphatic heterocycles. The molecule has 6 heteroatoms. The van der Waals surface area contributed by atoms with Crippen molar-refractivity contribution in [3.8, 4) is 5.75 Å². The van der Waals surface area contributed by atoms with Crippen LogP contribution in [0.2, 0.25) is 0 Å². The largest absolute Gasteiger partial charge is 0.484 e. The van der Waals surface area contributed by atoms with E-state index in [1.54, 1.807) is 4.68 Å². The molecule has 0 saturated carbocycles. The van der Waals surface area contributed by atoms with E-state index in [2.05, 4.69) is 64.2 Å². The van der Waals surface area contributed by atoms with Gasteiger partial charge in [-0.15, -0.1) is 0 Å². The van der Waals surface area contributed by atoms with Crippen LogP contribution in [0.1, 0.15) is 32.2 Å². The zero-order chi connectivity index (χ0) is 15.5. The Hall–Kier alpha value is -1.40. The summed E-state index contributed by atoms with van der Waals surface area (Å²) in [7, 11) is 1.85. The summed E-state index contributed by atoms with van der Waals surface area (Å²) in [6.07, 6.45) is 1.52. The van der Waals surface area contributed by atoms with E-state index in [-0.39, 0.29) is 5.54 Å². The molecule has 0 unspecified atom stereocenters. The van der Waals surface area contributed by atoms with Crippen molar-refractivity contribution < 1.29 is 4.74 Å². The van der Waals surface area contributed by atoms with Gasteiger partial charge >= 0.3 is 0 Å². The highest BCUT2D eigenvalue weighted by atomic mass is 79.9. The lowest BCUT2D eigenvalue weighted by molar-refractivity contribution is 0.288. The maximum atomic E-state index is 5.77. The van der Waals surface area contributed by atoms with E-state index in [0.29, 0.717) is 6.61 Å². The van der Waals surface area contributed by atoms with Crippen LogP contribution in [0, 0.1) is 0 Å². The van der Waals surface area contributed by atoms with Crippen molar-refractivity contribution in [2.45, 2.75) is 39.5 Å². The molecule has 0 amide bonds. The Bertz CT molecular complexity index is 604. The van der Waals surface area contributed by atoms with E-state index in [0.717, 1.165) is 22.6 Å². The fourth-order valence-corrected chi connectivity index (χ4v) is 2.27. The molecule has 114 valence electrons. The van der Waals surface area contributed by atoms with Crippen LogP contribution < -0.4 is 10.1 Å². The van der Waals surface area contributed by atoms with Gasteiger partial charge in [0.25, 0.3) is 0 Å². The zero-order valence-electron chi connectivity index (χ0n) is 12.9. The van der Waals surface area contributed by atoms with Gasteiger partial charge in [-0.05, 0) is 54.4 Å². The Labute approximate surface area is 133 Å². The fourth-order valence-electron chi connectivity index (χ4n) is 1.73. The topological polar surface area (TPSA) is 52.0 Å². The molecule has 1 heterocycles. The smallest absolute Gasteiger partial charge is 0.164 e. The van der Waals surface area contributed by atoms with Crippen molar-refractivity contribution in [1.29, 1.82) is 0 Å². The number of nitrogens with zero attached hydrogens (tertiary/aromatic N) is 3. The lowest BCUT2D eigenvalue weighted by atomic mass is 10.1. The number of rotatable bonds is 5. The van der Waals surface area contributed by atoms with Crippen molar-refractivity contribution in [3.05, 3.63) is 40.4 Å². The molecule has 0 radical (unpaired) electrons. The standard InChI is InChI=1S/C15H21BrN4O/c1-15(2,3)18-8-11-5-6-13(12(16)7-11)21-9-14-17-10-19-20(14)4/h5-7,10,18H,8-9H2,1-4H3. The second kappa shape index (κ2) is 6.58. The van der Waals surface area contributed by atoms with Crippen molar-refractivity contribution in [3.63, 3.8) is 0 Å². The second-order valence-electron chi connectivity index (χ2n) is 5.96. The molecule has 1 N–H and O–H groups in total. The molecule has 1 aromatic carbocycles. The highest BCUT2D eigenvalue weighted by Gasteiger charge is 2.10. The quantitative estimate of drug-likeness (QED) is 0.898. The molecule has 1 aromatic heterocycles. The van der Waals surface area contributed by atoms with Crippen LogP contribution in [0.15, 0.2) is 29.0 Å². The number of halogens is 1. The summed E-state index contributed by atoms with van der Waals surface area (Å²) < 4.78 is 8.42. The molecule has 2 rings (SSSR count). The Morgan fingerprint density at radius 2 is 2.10 bits per heavy atom. The van der Waals surface area contributed by atoms with Crippen molar-refractivity contribution in [2.24, 2.45) is 7.05 Å². The lowest BCUT2D eigenvalue weighted by Crippen LogP contribution is -2.35. The van der Waals surface area contributed by atoms with Gasteiger partial charge < -0.3 is 10.1 Å². The van der Waals surface area contributed by atoms with Gasteiger partial charge in [-0.1, -0.05) is 6.07 Å². The molecule has 0 spiro atoms. The van der Waals surface area contributed by atoms with Crippen LogP contribution in [0.25, 0.3) is 0 Å². The molecule has 0 fully saturated rings. The summed E-state index contributed by atoms with van der Waals surface area (Å²) in [5.41, 5.74) is 1.31. The van der Waals surface area contributed by atoms with Gasteiger partial charge in [0.05, 0.1) is 4.47 Å².